The highest BCUT2D eigenvalue weighted by atomic mass is 16.7. The Hall–Kier alpha value is -3.15. The molecule has 1 amide bonds. The van der Waals surface area contributed by atoms with Gasteiger partial charge in [-0.2, -0.15) is 10.2 Å². The minimum Gasteiger partial charge on any atom is -0.399 e. The molecule has 6 heterocycles. The Balaban J connectivity index is 1.36. The van der Waals surface area contributed by atoms with E-state index < -0.39 is 18.3 Å². The predicted molar refractivity (Wildman–Crippen MR) is 168 cm³/mol. The summed E-state index contributed by atoms with van der Waals surface area (Å²) in [6.07, 6.45) is 8.98. The molecule has 0 bridgehead atoms. The third-order valence-electron chi connectivity index (χ3n) is 10.3. The molecule has 43 heavy (non-hydrogen) atoms. The van der Waals surface area contributed by atoms with Crippen molar-refractivity contribution < 1.29 is 14.1 Å². The molecule has 11 heteroatoms. The van der Waals surface area contributed by atoms with Gasteiger partial charge in [0.1, 0.15) is 0 Å². The third-order valence-corrected chi connectivity index (χ3v) is 10.3. The second-order valence-corrected chi connectivity index (χ2v) is 13.7. The molecule has 0 spiro atoms. The number of nitrogens with one attached hydrogen (secondary N) is 1. The highest BCUT2D eigenvalue weighted by Crippen LogP contribution is 2.42. The Morgan fingerprint density at radius 2 is 1.81 bits per heavy atom. The van der Waals surface area contributed by atoms with Gasteiger partial charge in [-0.1, -0.05) is 0 Å². The summed E-state index contributed by atoms with van der Waals surface area (Å²) in [5.74, 6) is 1.11. The molecule has 4 aliphatic rings. The number of nitrogens with zero attached hydrogens (tertiary/aromatic N) is 6. The first-order chi connectivity index (χ1) is 20.5. The maximum Gasteiger partial charge on any atom is 0.495 e. The van der Waals surface area contributed by atoms with Crippen molar-refractivity contribution in [1.82, 2.24) is 29.8 Å². The molecule has 2 aromatic heterocycles. The van der Waals surface area contributed by atoms with Crippen molar-refractivity contribution in [2.75, 3.05) is 31.1 Å². The molecular weight excluding hydrogens is 541 g/mol. The number of aryl methyl sites for hydroxylation is 2. The summed E-state index contributed by atoms with van der Waals surface area (Å²) in [5, 5.41) is 13.4. The summed E-state index contributed by atoms with van der Waals surface area (Å²) in [4.78, 5) is 16.9. The van der Waals surface area contributed by atoms with E-state index in [9.17, 15) is 4.79 Å². The number of anilines is 2. The lowest BCUT2D eigenvalue weighted by Crippen LogP contribution is -2.41. The van der Waals surface area contributed by atoms with Gasteiger partial charge in [0.15, 0.2) is 5.82 Å². The smallest absolute Gasteiger partial charge is 0.399 e. The zero-order chi connectivity index (χ0) is 30.1. The van der Waals surface area contributed by atoms with Gasteiger partial charge in [-0.15, -0.1) is 0 Å². The van der Waals surface area contributed by atoms with E-state index in [1.165, 1.54) is 16.8 Å². The minimum absolute atomic E-state index is 0.120. The SMILES string of the molecule is CC(=O)N1CCc2c(c(N3CCCc4cc(-c5cnn(C)c5)c(B5OC(C)(C)C(C)(C)O5)cc43)nn2C2CCNCC2)C1. The standard InChI is InChI=1S/C32H44BN7O3/c1-21(41)38-15-11-28-26(20-38)30(36-40(28)24-9-12-34-13-10-24)39-14-7-8-22-16-25(23-18-35-37(6)19-23)27(17-29(22)39)33-42-31(2,3)32(4,5)43-33/h16-19,24,34H,7-15,20H2,1-6H3. The Morgan fingerprint density at radius 3 is 2.49 bits per heavy atom. The molecule has 4 aliphatic heterocycles. The van der Waals surface area contributed by atoms with Gasteiger partial charge >= 0.3 is 7.12 Å². The van der Waals surface area contributed by atoms with Crippen molar-refractivity contribution in [1.29, 1.82) is 0 Å². The Kier molecular flexibility index (Phi) is 6.98. The van der Waals surface area contributed by atoms with Crippen molar-refractivity contribution in [2.24, 2.45) is 7.05 Å². The van der Waals surface area contributed by atoms with Crippen LogP contribution in [-0.4, -0.2) is 74.9 Å². The molecule has 2 fully saturated rings. The second-order valence-electron chi connectivity index (χ2n) is 13.7. The number of carbonyl (C=O) groups excluding carboxylic acids is 1. The number of amides is 1. The molecule has 0 atom stereocenters. The first kappa shape index (κ1) is 28.6. The number of benzene rings is 1. The van der Waals surface area contributed by atoms with E-state index >= 15 is 0 Å². The number of hydrogen-bond acceptors (Lipinski definition) is 7. The lowest BCUT2D eigenvalue weighted by atomic mass is 9.73. The molecule has 2 saturated heterocycles. The van der Waals surface area contributed by atoms with Gasteiger partial charge in [0.05, 0.1) is 30.0 Å². The monoisotopic (exact) mass is 585 g/mol. The summed E-state index contributed by atoms with van der Waals surface area (Å²) >= 11 is 0. The molecule has 0 saturated carbocycles. The molecule has 10 nitrogen and oxygen atoms in total. The zero-order valence-corrected chi connectivity index (χ0v) is 26.4. The Labute approximate surface area is 254 Å². The summed E-state index contributed by atoms with van der Waals surface area (Å²) in [7, 11) is 1.44. The van der Waals surface area contributed by atoms with Gasteiger partial charge < -0.3 is 24.4 Å². The minimum atomic E-state index is -0.510. The third kappa shape index (κ3) is 4.89. The van der Waals surface area contributed by atoms with Gasteiger partial charge in [-0.05, 0) is 95.2 Å². The van der Waals surface area contributed by atoms with Crippen molar-refractivity contribution in [2.45, 2.75) is 90.5 Å². The average molecular weight is 586 g/mol. The lowest BCUT2D eigenvalue weighted by Gasteiger charge is -2.33. The molecule has 3 aromatic rings. The Morgan fingerprint density at radius 1 is 1.07 bits per heavy atom. The van der Waals surface area contributed by atoms with Crippen LogP contribution in [0.5, 0.6) is 0 Å². The molecule has 228 valence electrons. The largest absolute Gasteiger partial charge is 0.495 e. The van der Waals surface area contributed by atoms with Crippen LogP contribution in [0.3, 0.4) is 0 Å². The van der Waals surface area contributed by atoms with Crippen LogP contribution in [0.25, 0.3) is 11.1 Å². The second kappa shape index (κ2) is 10.5. The van der Waals surface area contributed by atoms with Crippen LogP contribution in [0.2, 0.25) is 0 Å². The number of aromatic nitrogens is 4. The van der Waals surface area contributed by atoms with Gasteiger partial charge in [0.25, 0.3) is 0 Å². The van der Waals surface area contributed by atoms with Crippen LogP contribution in [0.1, 0.15) is 76.7 Å². The molecule has 0 aliphatic carbocycles. The van der Waals surface area contributed by atoms with E-state index in [4.69, 9.17) is 14.4 Å². The highest BCUT2D eigenvalue weighted by Gasteiger charge is 2.52. The number of carbonyl (C=O) groups is 1. The normalized spacial score (nSPS) is 21.7. The summed E-state index contributed by atoms with van der Waals surface area (Å²) in [5.41, 5.74) is 7.18. The molecule has 1 aromatic carbocycles. The van der Waals surface area contributed by atoms with Crippen LogP contribution < -0.4 is 15.7 Å². The fraction of sp³-hybridized carbons (Fsp3) is 0.594. The number of hydrogen-bond donors (Lipinski definition) is 1. The van der Waals surface area contributed by atoms with Gasteiger partial charge in [-0.3, -0.25) is 14.2 Å². The molecule has 7 rings (SSSR count). The summed E-state index contributed by atoms with van der Waals surface area (Å²) in [6, 6.07) is 4.97. The summed E-state index contributed by atoms with van der Waals surface area (Å²) < 4.78 is 17.4. The molecule has 0 unspecified atom stereocenters. The first-order valence-corrected chi connectivity index (χ1v) is 15.9. The van der Waals surface area contributed by atoms with Gasteiger partial charge in [0.2, 0.25) is 5.91 Å². The average Bonchev–Trinajstić information content (AvgIpc) is 3.65. The number of rotatable bonds is 4. The van der Waals surface area contributed by atoms with Crippen LogP contribution >= 0.6 is 0 Å². The van der Waals surface area contributed by atoms with E-state index in [1.807, 2.05) is 22.8 Å². The quantitative estimate of drug-likeness (QED) is 0.469. The Bertz CT molecular complexity index is 1540. The molecule has 0 radical (unpaired) electrons. The lowest BCUT2D eigenvalue weighted by molar-refractivity contribution is -0.129. The first-order valence-electron chi connectivity index (χ1n) is 15.9. The fourth-order valence-corrected chi connectivity index (χ4v) is 7.11. The number of piperidine rings is 1. The number of fused-ring (bicyclic) bond motifs is 2. The van der Waals surface area contributed by atoms with E-state index in [-0.39, 0.29) is 5.91 Å². The van der Waals surface area contributed by atoms with Crippen LogP contribution in [-0.2, 0) is 40.5 Å². The zero-order valence-electron chi connectivity index (χ0n) is 26.4. The van der Waals surface area contributed by atoms with E-state index in [0.29, 0.717) is 12.6 Å². The van der Waals surface area contributed by atoms with Crippen molar-refractivity contribution in [3.63, 3.8) is 0 Å². The van der Waals surface area contributed by atoms with Crippen molar-refractivity contribution in [3.8, 4) is 11.1 Å². The van der Waals surface area contributed by atoms with Crippen LogP contribution in [0.4, 0.5) is 11.5 Å². The van der Waals surface area contributed by atoms with E-state index in [1.54, 1.807) is 6.92 Å². The topological polar surface area (TPSA) is 89.7 Å². The van der Waals surface area contributed by atoms with Gasteiger partial charge in [-0.25, -0.2) is 0 Å². The van der Waals surface area contributed by atoms with E-state index in [0.717, 1.165) is 86.4 Å². The predicted octanol–water partition coefficient (Wildman–Crippen LogP) is 3.50. The maximum absolute atomic E-state index is 12.5. The summed E-state index contributed by atoms with van der Waals surface area (Å²) in [6.45, 7) is 14.3. The highest BCUT2D eigenvalue weighted by molar-refractivity contribution is 6.64. The van der Waals surface area contributed by atoms with Crippen LogP contribution in [0, 0.1) is 0 Å². The van der Waals surface area contributed by atoms with E-state index in [2.05, 4.69) is 66.0 Å². The van der Waals surface area contributed by atoms with Crippen molar-refractivity contribution >= 4 is 30.0 Å². The molecule has 1 N–H and O–H groups in total. The van der Waals surface area contributed by atoms with Crippen LogP contribution in [0.15, 0.2) is 24.5 Å². The van der Waals surface area contributed by atoms with Crippen molar-refractivity contribution in [3.05, 3.63) is 41.3 Å². The van der Waals surface area contributed by atoms with Gasteiger partial charge in [0, 0.05) is 62.2 Å². The maximum atomic E-state index is 12.5. The fourth-order valence-electron chi connectivity index (χ4n) is 7.11. The molecular formula is C32H44BN7O3.